The Morgan fingerprint density at radius 2 is 1.95 bits per heavy atom. The number of nitrogens with zero attached hydrogens (tertiary/aromatic N) is 3. The van der Waals surface area contributed by atoms with E-state index in [0.717, 1.165) is 5.56 Å². The van der Waals surface area contributed by atoms with E-state index in [1.165, 1.54) is 6.21 Å². The van der Waals surface area contributed by atoms with E-state index in [4.69, 9.17) is 15.7 Å². The second-order valence-electron chi connectivity index (χ2n) is 4.32. The molecule has 0 aliphatic rings. The highest BCUT2D eigenvalue weighted by atomic mass is 16.5. The number of carbonyl (C=O) groups is 1. The highest BCUT2D eigenvalue weighted by molar-refractivity contribution is 5.92. The summed E-state index contributed by atoms with van der Waals surface area (Å²) < 4.78 is 9.09. The number of amides is 1. The number of pyridine rings is 2. The first-order valence-electron chi connectivity index (χ1n) is 6.22. The van der Waals surface area contributed by atoms with Crippen molar-refractivity contribution in [2.45, 2.75) is 13.5 Å². The molecule has 0 spiro atoms. The van der Waals surface area contributed by atoms with Gasteiger partial charge >= 0.3 is 0 Å². The summed E-state index contributed by atoms with van der Waals surface area (Å²) in [5.74, 6) is -0.472. The standard InChI is InChI=1S/C14H14N4O3/c15-14(19)13-2-1-5-18(9-13)11-21-10-17-6-3-12(4-7-17)8-16-20/h1-9H,10-11H2,(H-,15,19)/p+2. The lowest BCUT2D eigenvalue weighted by atomic mass is 10.3. The van der Waals surface area contributed by atoms with Crippen LogP contribution in [0, 0.1) is 0 Å². The van der Waals surface area contributed by atoms with Crippen molar-refractivity contribution < 1.29 is 23.9 Å². The second kappa shape index (κ2) is 7.11. The average Bonchev–Trinajstić information content (AvgIpc) is 2.50. The Balaban J connectivity index is 1.89. The zero-order chi connectivity index (χ0) is 15.1. The zero-order valence-electron chi connectivity index (χ0n) is 11.3. The molecule has 0 unspecified atom stereocenters. The van der Waals surface area contributed by atoms with Crippen molar-refractivity contribution in [3.63, 3.8) is 0 Å². The van der Waals surface area contributed by atoms with E-state index in [0.29, 0.717) is 19.0 Å². The third-order valence-corrected chi connectivity index (χ3v) is 2.75. The van der Waals surface area contributed by atoms with Crippen LogP contribution in [-0.4, -0.2) is 17.3 Å². The molecule has 1 amide bonds. The molecule has 2 aromatic rings. The third-order valence-electron chi connectivity index (χ3n) is 2.75. The summed E-state index contributed by atoms with van der Waals surface area (Å²) in [6.07, 6.45) is 8.38. The molecule has 3 N–H and O–H groups in total. The summed E-state index contributed by atoms with van der Waals surface area (Å²) in [7, 11) is 0. The molecule has 7 heteroatoms. The van der Waals surface area contributed by atoms with E-state index in [-0.39, 0.29) is 0 Å². The number of hydrogen-bond acceptors (Lipinski definition) is 4. The normalized spacial score (nSPS) is 10.9. The quantitative estimate of drug-likeness (QED) is 0.334. The monoisotopic (exact) mass is 288 g/mol. The van der Waals surface area contributed by atoms with Crippen LogP contribution in [-0.2, 0) is 18.2 Å². The van der Waals surface area contributed by atoms with Crippen LogP contribution in [0.25, 0.3) is 0 Å². The van der Waals surface area contributed by atoms with Gasteiger partial charge in [0.25, 0.3) is 19.4 Å². The Kier molecular flexibility index (Phi) is 4.94. The summed E-state index contributed by atoms with van der Waals surface area (Å²) in [6.45, 7) is 0.651. The number of ether oxygens (including phenoxy) is 1. The highest BCUT2D eigenvalue weighted by Crippen LogP contribution is 1.93. The molecule has 0 aromatic carbocycles. The van der Waals surface area contributed by atoms with Gasteiger partial charge in [-0.25, -0.2) is 0 Å². The van der Waals surface area contributed by atoms with Crippen LogP contribution in [0.2, 0.25) is 0 Å². The van der Waals surface area contributed by atoms with Gasteiger partial charge in [0.05, 0.1) is 6.21 Å². The number of aromatic nitrogens is 2. The van der Waals surface area contributed by atoms with Crippen molar-refractivity contribution in [3.8, 4) is 0 Å². The fourth-order valence-corrected chi connectivity index (χ4v) is 1.71. The Hall–Kier alpha value is -2.80. The number of primary amides is 1. The van der Waals surface area contributed by atoms with Crippen LogP contribution in [0.3, 0.4) is 0 Å². The highest BCUT2D eigenvalue weighted by Gasteiger charge is 2.08. The van der Waals surface area contributed by atoms with Crippen LogP contribution < -0.4 is 14.9 Å². The zero-order valence-corrected chi connectivity index (χ0v) is 11.3. The lowest BCUT2D eigenvalue weighted by Gasteiger charge is -1.99. The summed E-state index contributed by atoms with van der Waals surface area (Å²) in [5, 5.41) is 11.4. The Bertz CT molecular complexity index is 641. The molecular weight excluding hydrogens is 272 g/mol. The molecule has 0 saturated carbocycles. The number of carbonyl (C=O) groups excluding carboxylic acids is 1. The van der Waals surface area contributed by atoms with E-state index < -0.39 is 5.91 Å². The molecule has 108 valence electrons. The van der Waals surface area contributed by atoms with E-state index in [1.807, 2.05) is 17.0 Å². The van der Waals surface area contributed by atoms with Gasteiger partial charge in [0, 0.05) is 23.8 Å². The fraction of sp³-hybridized carbons (Fsp3) is 0.143. The summed E-state index contributed by atoms with van der Waals surface area (Å²) in [4.78, 5) is 11.1. The summed E-state index contributed by atoms with van der Waals surface area (Å²) in [5.41, 5.74) is 6.44. The SMILES string of the molecule is NC(=O)c1ccc[n+](COC[n+]2ccc(/C=N\O)cc2)c1. The Morgan fingerprint density at radius 1 is 1.24 bits per heavy atom. The Labute approximate surface area is 121 Å². The van der Waals surface area contributed by atoms with Crippen molar-refractivity contribution in [2.75, 3.05) is 0 Å². The molecule has 2 rings (SSSR count). The third kappa shape index (κ3) is 4.36. The molecule has 2 aromatic heterocycles. The van der Waals surface area contributed by atoms with Gasteiger partial charge in [-0.15, -0.1) is 0 Å². The summed E-state index contributed by atoms with van der Waals surface area (Å²) in [6, 6.07) is 6.97. The molecule has 2 heterocycles. The van der Waals surface area contributed by atoms with Gasteiger partial charge in [0.15, 0.2) is 24.8 Å². The molecule has 7 nitrogen and oxygen atoms in total. The first-order valence-corrected chi connectivity index (χ1v) is 6.22. The van der Waals surface area contributed by atoms with E-state index in [9.17, 15) is 4.79 Å². The number of hydrogen-bond donors (Lipinski definition) is 2. The molecule has 0 aliphatic heterocycles. The maximum atomic E-state index is 11.1. The van der Waals surface area contributed by atoms with Crippen LogP contribution in [0.15, 0.2) is 54.2 Å². The van der Waals surface area contributed by atoms with E-state index in [1.54, 1.807) is 41.2 Å². The predicted molar refractivity (Wildman–Crippen MR) is 72.3 cm³/mol. The largest absolute Gasteiger partial charge is 0.411 e. The van der Waals surface area contributed by atoms with Gasteiger partial charge in [-0.3, -0.25) is 9.53 Å². The van der Waals surface area contributed by atoms with Crippen LogP contribution in [0.4, 0.5) is 0 Å². The molecule has 0 fully saturated rings. The number of oxime groups is 1. The second-order valence-corrected chi connectivity index (χ2v) is 4.32. The summed E-state index contributed by atoms with van der Waals surface area (Å²) >= 11 is 0. The van der Waals surface area contributed by atoms with Gasteiger partial charge in [-0.2, -0.15) is 9.13 Å². The van der Waals surface area contributed by atoms with Gasteiger partial charge in [-0.05, 0) is 6.07 Å². The van der Waals surface area contributed by atoms with Crippen molar-refractivity contribution in [1.82, 2.24) is 0 Å². The molecular formula is C14H16N4O3+2. The van der Waals surface area contributed by atoms with Crippen LogP contribution >= 0.6 is 0 Å². The lowest BCUT2D eigenvalue weighted by molar-refractivity contribution is -0.788. The minimum atomic E-state index is -0.472. The average molecular weight is 288 g/mol. The van der Waals surface area contributed by atoms with E-state index >= 15 is 0 Å². The van der Waals surface area contributed by atoms with Gasteiger partial charge in [0.2, 0.25) is 0 Å². The van der Waals surface area contributed by atoms with Gasteiger partial charge in [-0.1, -0.05) is 5.16 Å². The molecule has 0 bridgehead atoms. The van der Waals surface area contributed by atoms with Crippen molar-refractivity contribution in [2.24, 2.45) is 10.9 Å². The number of nitrogens with two attached hydrogens (primary N) is 1. The maximum absolute atomic E-state index is 11.1. The molecule has 0 aliphatic carbocycles. The first-order chi connectivity index (χ1) is 10.2. The fourth-order valence-electron chi connectivity index (χ4n) is 1.71. The van der Waals surface area contributed by atoms with Crippen LogP contribution in [0.5, 0.6) is 0 Å². The van der Waals surface area contributed by atoms with Crippen molar-refractivity contribution in [1.29, 1.82) is 0 Å². The minimum absolute atomic E-state index is 0.300. The topological polar surface area (TPSA) is 92.7 Å². The Morgan fingerprint density at radius 3 is 2.62 bits per heavy atom. The van der Waals surface area contributed by atoms with Crippen LogP contribution in [0.1, 0.15) is 15.9 Å². The van der Waals surface area contributed by atoms with Crippen molar-refractivity contribution >= 4 is 12.1 Å². The lowest BCUT2D eigenvalue weighted by Crippen LogP contribution is -2.40. The molecule has 0 atom stereocenters. The number of rotatable bonds is 6. The molecule has 0 saturated heterocycles. The van der Waals surface area contributed by atoms with Crippen molar-refractivity contribution in [3.05, 3.63) is 60.2 Å². The molecule has 0 radical (unpaired) electrons. The van der Waals surface area contributed by atoms with Gasteiger partial charge in [0.1, 0.15) is 5.56 Å². The van der Waals surface area contributed by atoms with Gasteiger partial charge < -0.3 is 10.9 Å². The smallest absolute Gasteiger partial charge is 0.257 e. The molecule has 21 heavy (non-hydrogen) atoms. The first kappa shape index (κ1) is 14.6. The van der Waals surface area contributed by atoms with E-state index in [2.05, 4.69) is 5.16 Å². The minimum Gasteiger partial charge on any atom is -0.411 e. The maximum Gasteiger partial charge on any atom is 0.257 e. The predicted octanol–water partition coefficient (Wildman–Crippen LogP) is -0.200.